The Morgan fingerprint density at radius 1 is 1.61 bits per heavy atom. The molecule has 1 aromatic rings. The van der Waals surface area contributed by atoms with Crippen molar-refractivity contribution >= 4 is 11.9 Å². The summed E-state index contributed by atoms with van der Waals surface area (Å²) in [4.78, 5) is 23.6. The van der Waals surface area contributed by atoms with Crippen LogP contribution in [0.5, 0.6) is 0 Å². The maximum Gasteiger partial charge on any atom is 0.358 e. The fraction of sp³-hybridized carbons (Fsp3) is 0.600. The number of carbonyl (C=O) groups is 2. The van der Waals surface area contributed by atoms with Crippen LogP contribution in [-0.2, 0) is 4.79 Å². The maximum atomic E-state index is 10.9. The van der Waals surface area contributed by atoms with Gasteiger partial charge in [0.05, 0.1) is 12.2 Å². The third kappa shape index (κ3) is 2.48. The van der Waals surface area contributed by atoms with E-state index in [0.29, 0.717) is 6.54 Å². The molecule has 0 spiro atoms. The zero-order chi connectivity index (χ0) is 13.3. The Morgan fingerprint density at radius 3 is 2.78 bits per heavy atom. The highest BCUT2D eigenvalue weighted by Gasteiger charge is 2.31. The lowest BCUT2D eigenvalue weighted by atomic mass is 10.1. The van der Waals surface area contributed by atoms with E-state index in [2.05, 4.69) is 15.2 Å². The van der Waals surface area contributed by atoms with Crippen molar-refractivity contribution < 1.29 is 14.7 Å². The molecular weight excluding hydrogens is 238 g/mol. The Morgan fingerprint density at radius 2 is 2.28 bits per heavy atom. The first-order valence-electron chi connectivity index (χ1n) is 5.64. The summed E-state index contributed by atoms with van der Waals surface area (Å²) >= 11 is 0. The summed E-state index contributed by atoms with van der Waals surface area (Å²) in [7, 11) is 0. The largest absolute Gasteiger partial charge is 0.476 e. The first kappa shape index (κ1) is 12.5. The Hall–Kier alpha value is -1.96. The molecule has 8 nitrogen and oxygen atoms in total. The SMILES string of the molecule is CC(CN1CC(n2cc(C(=O)O)nn2)C1)C(N)=O. The van der Waals surface area contributed by atoms with Crippen LogP contribution in [0.25, 0.3) is 0 Å². The van der Waals surface area contributed by atoms with E-state index >= 15 is 0 Å². The van der Waals surface area contributed by atoms with Crippen molar-refractivity contribution in [2.24, 2.45) is 11.7 Å². The molecule has 18 heavy (non-hydrogen) atoms. The number of nitrogens with zero attached hydrogens (tertiary/aromatic N) is 4. The summed E-state index contributed by atoms with van der Waals surface area (Å²) in [5.74, 6) is -1.58. The summed E-state index contributed by atoms with van der Waals surface area (Å²) in [5, 5.41) is 16.1. The third-order valence-electron chi connectivity index (χ3n) is 3.06. The van der Waals surface area contributed by atoms with E-state index in [0.717, 1.165) is 13.1 Å². The molecule has 1 atom stereocenters. The summed E-state index contributed by atoms with van der Waals surface area (Å²) in [6.45, 7) is 3.85. The van der Waals surface area contributed by atoms with E-state index in [1.165, 1.54) is 6.20 Å². The lowest BCUT2D eigenvalue weighted by Gasteiger charge is -2.39. The molecule has 1 aromatic heterocycles. The van der Waals surface area contributed by atoms with Crippen molar-refractivity contribution in [1.82, 2.24) is 19.9 Å². The normalized spacial score (nSPS) is 18.3. The Kier molecular flexibility index (Phi) is 3.28. The van der Waals surface area contributed by atoms with Crippen molar-refractivity contribution in [3.63, 3.8) is 0 Å². The van der Waals surface area contributed by atoms with Gasteiger partial charge in [0.15, 0.2) is 5.69 Å². The van der Waals surface area contributed by atoms with Gasteiger partial charge >= 0.3 is 5.97 Å². The van der Waals surface area contributed by atoms with Gasteiger partial charge in [-0.25, -0.2) is 9.48 Å². The zero-order valence-electron chi connectivity index (χ0n) is 9.98. The molecule has 1 fully saturated rings. The van der Waals surface area contributed by atoms with Crippen LogP contribution in [0.3, 0.4) is 0 Å². The predicted octanol–water partition coefficient (Wildman–Crippen LogP) is -1.05. The van der Waals surface area contributed by atoms with Gasteiger partial charge in [-0.15, -0.1) is 5.10 Å². The number of aromatic carboxylic acids is 1. The quantitative estimate of drug-likeness (QED) is 0.692. The minimum atomic E-state index is -1.08. The van der Waals surface area contributed by atoms with Gasteiger partial charge in [-0.2, -0.15) is 0 Å². The fourth-order valence-electron chi connectivity index (χ4n) is 1.89. The number of hydrogen-bond donors (Lipinski definition) is 2. The monoisotopic (exact) mass is 253 g/mol. The molecule has 1 aliphatic rings. The van der Waals surface area contributed by atoms with Gasteiger partial charge in [-0.3, -0.25) is 9.69 Å². The predicted molar refractivity (Wildman–Crippen MR) is 60.8 cm³/mol. The van der Waals surface area contributed by atoms with Gasteiger partial charge in [0, 0.05) is 25.6 Å². The van der Waals surface area contributed by atoms with Crippen LogP contribution in [0, 0.1) is 5.92 Å². The van der Waals surface area contributed by atoms with Gasteiger partial charge in [-0.1, -0.05) is 12.1 Å². The lowest BCUT2D eigenvalue weighted by Crippen LogP contribution is -2.50. The standard InChI is InChI=1S/C10H15N5O3/c1-6(9(11)16)2-14-3-7(4-14)15-5-8(10(17)18)12-13-15/h5-7H,2-4H2,1H3,(H2,11,16)(H,17,18). The molecule has 0 aromatic carbocycles. The number of carboxylic acid groups (broad SMARTS) is 1. The zero-order valence-corrected chi connectivity index (χ0v) is 9.98. The van der Waals surface area contributed by atoms with E-state index in [4.69, 9.17) is 10.8 Å². The molecule has 8 heteroatoms. The minimum absolute atomic E-state index is 0.0565. The minimum Gasteiger partial charge on any atom is -0.476 e. The van der Waals surface area contributed by atoms with Crippen LogP contribution in [0.4, 0.5) is 0 Å². The first-order chi connectivity index (χ1) is 8.47. The van der Waals surface area contributed by atoms with E-state index in [1.807, 2.05) is 0 Å². The summed E-state index contributed by atoms with van der Waals surface area (Å²) in [6.07, 6.45) is 1.42. The van der Waals surface area contributed by atoms with E-state index in [1.54, 1.807) is 11.6 Å². The second-order valence-electron chi connectivity index (χ2n) is 4.56. The van der Waals surface area contributed by atoms with Crippen LogP contribution >= 0.6 is 0 Å². The van der Waals surface area contributed by atoms with Crippen molar-refractivity contribution in [2.45, 2.75) is 13.0 Å². The van der Waals surface area contributed by atoms with Crippen LogP contribution in [0.15, 0.2) is 6.20 Å². The number of rotatable bonds is 5. The van der Waals surface area contributed by atoms with Crippen molar-refractivity contribution in [2.75, 3.05) is 19.6 Å². The molecule has 98 valence electrons. The molecule has 1 saturated heterocycles. The average Bonchev–Trinajstić information content (AvgIpc) is 2.71. The van der Waals surface area contributed by atoms with E-state index in [-0.39, 0.29) is 23.6 Å². The molecule has 1 unspecified atom stereocenters. The molecule has 1 aliphatic heterocycles. The summed E-state index contributed by atoms with van der Waals surface area (Å²) in [6, 6.07) is 0.116. The number of nitrogens with two attached hydrogens (primary N) is 1. The van der Waals surface area contributed by atoms with Crippen LogP contribution in [0.2, 0.25) is 0 Å². The highest BCUT2D eigenvalue weighted by Crippen LogP contribution is 2.21. The molecule has 3 N–H and O–H groups in total. The van der Waals surface area contributed by atoms with Gasteiger partial charge < -0.3 is 10.8 Å². The first-order valence-corrected chi connectivity index (χ1v) is 5.64. The topological polar surface area (TPSA) is 114 Å². The van der Waals surface area contributed by atoms with Crippen molar-refractivity contribution in [3.05, 3.63) is 11.9 Å². The number of carbonyl (C=O) groups excluding carboxylic acids is 1. The van der Waals surface area contributed by atoms with E-state index in [9.17, 15) is 9.59 Å². The van der Waals surface area contributed by atoms with Gasteiger partial charge in [-0.05, 0) is 0 Å². The molecule has 0 aliphatic carbocycles. The second-order valence-corrected chi connectivity index (χ2v) is 4.56. The summed E-state index contributed by atoms with van der Waals surface area (Å²) < 4.78 is 1.55. The van der Waals surface area contributed by atoms with Crippen LogP contribution in [-0.4, -0.2) is 56.5 Å². The number of aromatic nitrogens is 3. The maximum absolute atomic E-state index is 10.9. The highest BCUT2D eigenvalue weighted by molar-refractivity contribution is 5.84. The molecular formula is C10H15N5O3. The molecule has 0 saturated carbocycles. The molecule has 0 bridgehead atoms. The van der Waals surface area contributed by atoms with Crippen LogP contribution < -0.4 is 5.73 Å². The van der Waals surface area contributed by atoms with Gasteiger partial charge in [0.25, 0.3) is 0 Å². The molecule has 0 radical (unpaired) electrons. The average molecular weight is 253 g/mol. The Labute approximate surface area is 103 Å². The molecule has 2 heterocycles. The van der Waals surface area contributed by atoms with Crippen LogP contribution in [0.1, 0.15) is 23.5 Å². The Bertz CT molecular complexity index is 466. The Balaban J connectivity index is 1.85. The molecule has 2 rings (SSSR count). The number of amides is 1. The van der Waals surface area contributed by atoms with Gasteiger partial charge in [0.2, 0.25) is 5.91 Å². The number of hydrogen-bond acceptors (Lipinski definition) is 5. The van der Waals surface area contributed by atoms with Crippen molar-refractivity contribution in [1.29, 1.82) is 0 Å². The highest BCUT2D eigenvalue weighted by atomic mass is 16.4. The van der Waals surface area contributed by atoms with Crippen molar-refractivity contribution in [3.8, 4) is 0 Å². The smallest absolute Gasteiger partial charge is 0.358 e. The van der Waals surface area contributed by atoms with E-state index < -0.39 is 5.97 Å². The molecule has 1 amide bonds. The lowest BCUT2D eigenvalue weighted by molar-refractivity contribution is -0.122. The number of likely N-dealkylation sites (tertiary alicyclic amines) is 1. The fourth-order valence-corrected chi connectivity index (χ4v) is 1.89. The number of carboxylic acids is 1. The second kappa shape index (κ2) is 4.73. The van der Waals surface area contributed by atoms with Gasteiger partial charge in [0.1, 0.15) is 0 Å². The summed E-state index contributed by atoms with van der Waals surface area (Å²) in [5.41, 5.74) is 5.13. The number of primary amides is 1. The third-order valence-corrected chi connectivity index (χ3v) is 3.06.